The summed E-state index contributed by atoms with van der Waals surface area (Å²) in [4.78, 5) is 28.2. The largest absolute Gasteiger partial charge is 0.508 e. The summed E-state index contributed by atoms with van der Waals surface area (Å²) in [5.74, 6) is 0. The van der Waals surface area contributed by atoms with Crippen LogP contribution in [0.3, 0.4) is 0 Å². The quantitative estimate of drug-likeness (QED) is 0.584. The van der Waals surface area contributed by atoms with E-state index in [2.05, 4.69) is 4.99 Å². The molecule has 0 radical (unpaired) electrons. The number of nitrogens with zero attached hydrogens (tertiary/aromatic N) is 2. The Balaban J connectivity index is 0.00000242. The van der Waals surface area contributed by atoms with Crippen LogP contribution in [-0.2, 0) is 14.2 Å². The van der Waals surface area contributed by atoms with E-state index in [4.69, 9.17) is 14.2 Å². The molecule has 7 nitrogen and oxygen atoms in total. The third kappa shape index (κ3) is 6.34. The van der Waals surface area contributed by atoms with Crippen LogP contribution in [0.15, 0.2) is 17.4 Å². The average Bonchev–Trinajstić information content (AvgIpc) is 2.53. The standard InChI is InChI=1S/C14H20N2O5.ClH/c17-13(16-8-6-15-7-9-16)19-10-11-20-14(18)21-12-4-2-1-3-5-12;/h6-8,12H,1-5,9-11H2;1H. The lowest BCUT2D eigenvalue weighted by molar-refractivity contribution is 0.00141. The van der Waals surface area contributed by atoms with E-state index in [1.165, 1.54) is 23.7 Å². The molecule has 2 rings (SSSR count). The molecule has 22 heavy (non-hydrogen) atoms. The summed E-state index contributed by atoms with van der Waals surface area (Å²) in [5.41, 5.74) is 0. The molecule has 124 valence electrons. The molecule has 8 heteroatoms. The predicted molar refractivity (Wildman–Crippen MR) is 82.2 cm³/mol. The summed E-state index contributed by atoms with van der Waals surface area (Å²) in [6.07, 6.45) is 8.56. The highest BCUT2D eigenvalue weighted by molar-refractivity contribution is 5.85. The fraction of sp³-hybridized carbons (Fsp3) is 0.643. The van der Waals surface area contributed by atoms with Crippen molar-refractivity contribution >= 4 is 30.9 Å². The Morgan fingerprint density at radius 1 is 1.14 bits per heavy atom. The van der Waals surface area contributed by atoms with Gasteiger partial charge < -0.3 is 14.2 Å². The molecule has 0 aromatic rings. The van der Waals surface area contributed by atoms with Crippen molar-refractivity contribution in [2.45, 2.75) is 38.2 Å². The molecule has 0 aromatic heterocycles. The molecule has 1 heterocycles. The van der Waals surface area contributed by atoms with Crippen molar-refractivity contribution in [3.8, 4) is 0 Å². The predicted octanol–water partition coefficient (Wildman–Crippen LogP) is 2.89. The molecule has 2 aliphatic rings. The Morgan fingerprint density at radius 3 is 2.55 bits per heavy atom. The van der Waals surface area contributed by atoms with Crippen molar-refractivity contribution in [2.24, 2.45) is 4.99 Å². The van der Waals surface area contributed by atoms with Gasteiger partial charge in [-0.1, -0.05) is 6.42 Å². The monoisotopic (exact) mass is 332 g/mol. The molecule has 1 amide bonds. The molecule has 1 fully saturated rings. The van der Waals surface area contributed by atoms with E-state index in [0.29, 0.717) is 6.54 Å². The van der Waals surface area contributed by atoms with Crippen molar-refractivity contribution in [3.63, 3.8) is 0 Å². The number of ether oxygens (including phenoxy) is 3. The molecule has 0 atom stereocenters. The van der Waals surface area contributed by atoms with Gasteiger partial charge in [0.1, 0.15) is 19.3 Å². The van der Waals surface area contributed by atoms with Crippen LogP contribution in [0, 0.1) is 0 Å². The second-order valence-electron chi connectivity index (χ2n) is 4.87. The Hall–Kier alpha value is -1.76. The summed E-state index contributed by atoms with van der Waals surface area (Å²) >= 11 is 0. The van der Waals surface area contributed by atoms with Crippen molar-refractivity contribution < 1.29 is 23.8 Å². The van der Waals surface area contributed by atoms with Crippen molar-refractivity contribution in [1.29, 1.82) is 0 Å². The molecule has 0 N–H and O–H groups in total. The van der Waals surface area contributed by atoms with Gasteiger partial charge in [-0.25, -0.2) is 9.59 Å². The molecule has 0 saturated heterocycles. The lowest BCUT2D eigenvalue weighted by Crippen LogP contribution is -2.30. The molecule has 0 aromatic carbocycles. The molecule has 0 unspecified atom stereocenters. The van der Waals surface area contributed by atoms with E-state index < -0.39 is 12.2 Å². The van der Waals surface area contributed by atoms with E-state index in [1.807, 2.05) is 0 Å². The first-order valence-electron chi connectivity index (χ1n) is 7.21. The second kappa shape index (κ2) is 10.0. The number of rotatable bonds is 4. The van der Waals surface area contributed by atoms with Gasteiger partial charge in [0.15, 0.2) is 0 Å². The number of carbonyl (C=O) groups excluding carboxylic acids is 2. The van der Waals surface area contributed by atoms with Gasteiger partial charge in [-0.05, 0) is 25.7 Å². The van der Waals surface area contributed by atoms with Crippen LogP contribution in [0.1, 0.15) is 32.1 Å². The summed E-state index contributed by atoms with van der Waals surface area (Å²) in [6.45, 7) is 0.364. The number of carbonyl (C=O) groups is 2. The first-order chi connectivity index (χ1) is 10.3. The maximum atomic E-state index is 11.6. The zero-order valence-corrected chi connectivity index (χ0v) is 13.1. The fourth-order valence-electron chi connectivity index (χ4n) is 2.20. The van der Waals surface area contributed by atoms with E-state index in [-0.39, 0.29) is 31.7 Å². The number of hydrogen-bond acceptors (Lipinski definition) is 6. The Morgan fingerprint density at radius 2 is 1.86 bits per heavy atom. The zero-order valence-electron chi connectivity index (χ0n) is 12.3. The highest BCUT2D eigenvalue weighted by atomic mass is 35.5. The smallest absolute Gasteiger partial charge is 0.446 e. The van der Waals surface area contributed by atoms with E-state index >= 15 is 0 Å². The van der Waals surface area contributed by atoms with Gasteiger partial charge >= 0.3 is 12.2 Å². The maximum Gasteiger partial charge on any atom is 0.508 e. The van der Waals surface area contributed by atoms with Crippen LogP contribution in [-0.4, -0.2) is 49.2 Å². The van der Waals surface area contributed by atoms with Crippen molar-refractivity contribution in [2.75, 3.05) is 19.8 Å². The number of halogens is 1. The van der Waals surface area contributed by atoms with Gasteiger partial charge in [-0.3, -0.25) is 9.89 Å². The third-order valence-corrected chi connectivity index (χ3v) is 3.29. The third-order valence-electron chi connectivity index (χ3n) is 3.29. The minimum atomic E-state index is -0.692. The normalized spacial score (nSPS) is 17.5. The van der Waals surface area contributed by atoms with Crippen molar-refractivity contribution in [3.05, 3.63) is 12.4 Å². The van der Waals surface area contributed by atoms with Crippen LogP contribution >= 0.6 is 12.4 Å². The van der Waals surface area contributed by atoms with E-state index in [9.17, 15) is 9.59 Å². The van der Waals surface area contributed by atoms with Gasteiger partial charge in [0.25, 0.3) is 0 Å². The first kappa shape index (κ1) is 18.3. The van der Waals surface area contributed by atoms with Crippen LogP contribution in [0.2, 0.25) is 0 Å². The molecule has 1 aliphatic heterocycles. The molecular formula is C14H21ClN2O5. The highest BCUT2D eigenvalue weighted by Gasteiger charge is 2.18. The first-order valence-corrected chi connectivity index (χ1v) is 7.21. The van der Waals surface area contributed by atoms with Gasteiger partial charge in [0, 0.05) is 18.6 Å². The van der Waals surface area contributed by atoms with Gasteiger partial charge in [0.05, 0.1) is 6.54 Å². The van der Waals surface area contributed by atoms with Crippen LogP contribution in [0.25, 0.3) is 0 Å². The van der Waals surface area contributed by atoms with Crippen LogP contribution < -0.4 is 0 Å². The van der Waals surface area contributed by atoms with E-state index in [1.54, 1.807) is 6.21 Å². The number of amides is 1. The lowest BCUT2D eigenvalue weighted by atomic mass is 9.98. The maximum absolute atomic E-state index is 11.6. The Bertz CT molecular complexity index is 421. The molecule has 0 spiro atoms. The minimum absolute atomic E-state index is 0. The molecule has 1 saturated carbocycles. The second-order valence-corrected chi connectivity index (χ2v) is 4.87. The van der Waals surface area contributed by atoms with Gasteiger partial charge in [-0.15, -0.1) is 12.4 Å². The SMILES string of the molecule is Cl.O=C(OCCOC(=O)N1C=CN=CC1)OC1CCCCC1. The summed E-state index contributed by atoms with van der Waals surface area (Å²) < 4.78 is 15.0. The van der Waals surface area contributed by atoms with Gasteiger partial charge in [-0.2, -0.15) is 0 Å². The number of aliphatic imine (C=N–C) groups is 1. The van der Waals surface area contributed by atoms with Gasteiger partial charge in [0.2, 0.25) is 0 Å². The summed E-state index contributed by atoms with van der Waals surface area (Å²) in [6, 6.07) is 0. The molecule has 1 aliphatic carbocycles. The summed E-state index contributed by atoms with van der Waals surface area (Å²) in [5, 5.41) is 0. The van der Waals surface area contributed by atoms with Crippen LogP contribution in [0.5, 0.6) is 0 Å². The van der Waals surface area contributed by atoms with Crippen molar-refractivity contribution in [1.82, 2.24) is 4.90 Å². The van der Waals surface area contributed by atoms with Crippen LogP contribution in [0.4, 0.5) is 9.59 Å². The topological polar surface area (TPSA) is 77.4 Å². The fourth-order valence-corrected chi connectivity index (χ4v) is 2.20. The number of hydrogen-bond donors (Lipinski definition) is 0. The highest BCUT2D eigenvalue weighted by Crippen LogP contribution is 2.20. The molecule has 0 bridgehead atoms. The Labute approximate surface area is 135 Å². The summed E-state index contributed by atoms with van der Waals surface area (Å²) in [7, 11) is 0. The lowest BCUT2D eigenvalue weighted by Gasteiger charge is -2.21. The average molecular weight is 333 g/mol. The molecular weight excluding hydrogens is 312 g/mol. The minimum Gasteiger partial charge on any atom is -0.446 e. The van der Waals surface area contributed by atoms with E-state index in [0.717, 1.165) is 25.7 Å². The zero-order chi connectivity index (χ0) is 14.9. The Kier molecular flexibility index (Phi) is 8.35.